The quantitative estimate of drug-likeness (QED) is 0.511. The van der Waals surface area contributed by atoms with Gasteiger partial charge in [0.25, 0.3) is 5.91 Å². The molecule has 0 radical (unpaired) electrons. The van der Waals surface area contributed by atoms with Crippen LogP contribution in [0.1, 0.15) is 40.2 Å². The molecule has 1 amide bonds. The molecule has 0 unspecified atom stereocenters. The number of halogens is 2. The second kappa shape index (κ2) is 10.5. The van der Waals surface area contributed by atoms with Crippen LogP contribution in [-0.2, 0) is 20.0 Å². The number of amides is 1. The number of likely N-dealkylation sites (tertiary alicyclic amines) is 1. The number of carbonyl (C=O) groups excluding carboxylic acids is 1. The van der Waals surface area contributed by atoms with Gasteiger partial charge in [0.15, 0.2) is 11.6 Å². The number of hydrogen-bond acceptors (Lipinski definition) is 3. The second-order valence-electron chi connectivity index (χ2n) is 9.29. The van der Waals surface area contributed by atoms with Gasteiger partial charge in [0.05, 0.1) is 5.69 Å². The van der Waals surface area contributed by atoms with E-state index in [9.17, 15) is 13.6 Å². The first kappa shape index (κ1) is 24.1. The largest absolute Gasteiger partial charge is 0.337 e. The molecule has 0 spiro atoms. The third kappa shape index (κ3) is 5.36. The lowest BCUT2D eigenvalue weighted by Crippen LogP contribution is -2.47. The number of carbonyl (C=O) groups is 1. The normalized spacial score (nSPS) is 15.9. The van der Waals surface area contributed by atoms with Crippen molar-refractivity contribution in [3.63, 3.8) is 0 Å². The Bertz CT molecular complexity index is 1120. The number of rotatable bonds is 7. The number of hydrogen-bond donors (Lipinski definition) is 0. The molecule has 2 heterocycles. The minimum absolute atomic E-state index is 0.0261. The molecule has 1 fully saturated rings. The first-order valence-electron chi connectivity index (χ1n) is 11.8. The Morgan fingerprint density at radius 2 is 1.82 bits per heavy atom. The molecular formula is C27H32F2N4O. The van der Waals surface area contributed by atoms with E-state index in [4.69, 9.17) is 0 Å². The maximum Gasteiger partial charge on any atom is 0.272 e. The lowest BCUT2D eigenvalue weighted by molar-refractivity contribution is 0.0574. The maximum atomic E-state index is 14.1. The zero-order chi connectivity index (χ0) is 24.2. The van der Waals surface area contributed by atoms with Gasteiger partial charge in [-0.25, -0.2) is 8.78 Å². The van der Waals surface area contributed by atoms with Crippen molar-refractivity contribution in [1.29, 1.82) is 0 Å². The van der Waals surface area contributed by atoms with Crippen molar-refractivity contribution < 1.29 is 13.6 Å². The van der Waals surface area contributed by atoms with E-state index in [1.54, 1.807) is 23.9 Å². The van der Waals surface area contributed by atoms with Crippen molar-refractivity contribution in [2.24, 2.45) is 13.0 Å². The van der Waals surface area contributed by atoms with Crippen LogP contribution in [-0.4, -0.2) is 51.7 Å². The molecule has 180 valence electrons. The molecule has 1 aliphatic rings. The summed E-state index contributed by atoms with van der Waals surface area (Å²) in [5, 5.41) is 4.34. The first-order chi connectivity index (χ1) is 16.3. The highest BCUT2D eigenvalue weighted by atomic mass is 19.2. The molecule has 0 bridgehead atoms. The van der Waals surface area contributed by atoms with Gasteiger partial charge in [-0.15, -0.1) is 0 Å². The average molecular weight is 467 g/mol. The molecule has 4 rings (SSSR count). The van der Waals surface area contributed by atoms with E-state index in [2.05, 4.69) is 22.1 Å². The fraction of sp³-hybridized carbons (Fsp3) is 0.407. The average Bonchev–Trinajstić information content (AvgIpc) is 3.18. The van der Waals surface area contributed by atoms with Gasteiger partial charge in [0, 0.05) is 32.2 Å². The van der Waals surface area contributed by atoms with Crippen molar-refractivity contribution in [3.8, 4) is 0 Å². The standard InChI is InChI=1S/C27H32F2N4O/c1-19-16-25(32(3)30-19)27(34)31(2)24(17-20-8-5-4-6-9-20)21-12-14-33(15-13-21)18-22-10-7-11-23(28)26(22)29/h4-11,16,21,24H,12-15,17-18H2,1-3H3/t24-/m0/s1. The van der Waals surface area contributed by atoms with E-state index < -0.39 is 11.6 Å². The van der Waals surface area contributed by atoms with Gasteiger partial charge in [-0.2, -0.15) is 5.10 Å². The number of benzene rings is 2. The molecule has 1 saturated heterocycles. The molecule has 1 atom stereocenters. The molecule has 0 saturated carbocycles. The minimum atomic E-state index is -0.805. The maximum absolute atomic E-state index is 14.1. The van der Waals surface area contributed by atoms with Crippen LogP contribution in [0.3, 0.4) is 0 Å². The molecule has 3 aromatic rings. The lowest BCUT2D eigenvalue weighted by Gasteiger charge is -2.40. The molecule has 34 heavy (non-hydrogen) atoms. The SMILES string of the molecule is Cc1cc(C(=O)N(C)[C@@H](Cc2ccccc2)C2CCN(Cc3cccc(F)c3F)CC2)n(C)n1. The molecule has 2 aromatic carbocycles. The topological polar surface area (TPSA) is 41.4 Å². The zero-order valence-corrected chi connectivity index (χ0v) is 20.0. The molecule has 1 aromatic heterocycles. The minimum Gasteiger partial charge on any atom is -0.337 e. The van der Waals surface area contributed by atoms with E-state index in [1.165, 1.54) is 5.56 Å². The molecule has 0 N–H and O–H groups in total. The molecule has 5 nitrogen and oxygen atoms in total. The number of aromatic nitrogens is 2. The van der Waals surface area contributed by atoms with Crippen molar-refractivity contribution >= 4 is 5.91 Å². The second-order valence-corrected chi connectivity index (χ2v) is 9.29. The summed E-state index contributed by atoms with van der Waals surface area (Å²) >= 11 is 0. The Morgan fingerprint density at radius 3 is 2.47 bits per heavy atom. The van der Waals surface area contributed by atoms with Gasteiger partial charge in [-0.1, -0.05) is 42.5 Å². The van der Waals surface area contributed by atoms with E-state index in [0.717, 1.165) is 44.1 Å². The van der Waals surface area contributed by atoms with Crippen molar-refractivity contribution in [1.82, 2.24) is 19.6 Å². The van der Waals surface area contributed by atoms with Crippen molar-refractivity contribution in [2.45, 2.75) is 38.8 Å². The summed E-state index contributed by atoms with van der Waals surface area (Å²) in [5.74, 6) is -1.30. The van der Waals surface area contributed by atoms with Crippen LogP contribution in [0, 0.1) is 24.5 Å². The van der Waals surface area contributed by atoms with Gasteiger partial charge >= 0.3 is 0 Å². The van der Waals surface area contributed by atoms with Crippen LogP contribution in [0.15, 0.2) is 54.6 Å². The van der Waals surface area contributed by atoms with Crippen LogP contribution < -0.4 is 0 Å². The highest BCUT2D eigenvalue weighted by Gasteiger charge is 2.33. The summed E-state index contributed by atoms with van der Waals surface area (Å²) in [7, 11) is 3.68. The van der Waals surface area contributed by atoms with Crippen LogP contribution >= 0.6 is 0 Å². The van der Waals surface area contributed by atoms with E-state index in [0.29, 0.717) is 23.7 Å². The number of nitrogens with zero attached hydrogens (tertiary/aromatic N) is 4. The predicted octanol–water partition coefficient (Wildman–Crippen LogP) is 4.60. The van der Waals surface area contributed by atoms with Gasteiger partial charge in [0.2, 0.25) is 0 Å². The summed E-state index contributed by atoms with van der Waals surface area (Å²) in [6.45, 7) is 3.83. The third-order valence-electron chi connectivity index (χ3n) is 6.93. The molecule has 7 heteroatoms. The highest BCUT2D eigenvalue weighted by Crippen LogP contribution is 2.28. The Labute approximate surface area is 200 Å². The van der Waals surface area contributed by atoms with E-state index in [1.807, 2.05) is 43.1 Å². The number of likely N-dealkylation sites (N-methyl/N-ethyl adjacent to an activating group) is 1. The molecule has 0 aliphatic carbocycles. The van der Waals surface area contributed by atoms with E-state index in [-0.39, 0.29) is 11.9 Å². The van der Waals surface area contributed by atoms with Crippen molar-refractivity contribution in [3.05, 3.63) is 88.7 Å². The number of piperidine rings is 1. The van der Waals surface area contributed by atoms with Gasteiger partial charge < -0.3 is 4.90 Å². The van der Waals surface area contributed by atoms with Crippen LogP contribution in [0.4, 0.5) is 8.78 Å². The smallest absolute Gasteiger partial charge is 0.272 e. The first-order valence-corrected chi connectivity index (χ1v) is 11.8. The lowest BCUT2D eigenvalue weighted by atomic mass is 9.84. The Kier molecular flexibility index (Phi) is 7.41. The number of aryl methyl sites for hydroxylation is 2. The van der Waals surface area contributed by atoms with Crippen LogP contribution in [0.5, 0.6) is 0 Å². The summed E-state index contributed by atoms with van der Waals surface area (Å²) in [4.78, 5) is 17.4. The summed E-state index contributed by atoms with van der Waals surface area (Å²) in [5.41, 5.74) is 2.98. The summed E-state index contributed by atoms with van der Waals surface area (Å²) in [6, 6.07) is 16.4. The third-order valence-corrected chi connectivity index (χ3v) is 6.93. The van der Waals surface area contributed by atoms with Gasteiger partial charge in [0.1, 0.15) is 5.69 Å². The molecule has 1 aliphatic heterocycles. The van der Waals surface area contributed by atoms with Crippen LogP contribution in [0.25, 0.3) is 0 Å². The Hall–Kier alpha value is -3.06. The van der Waals surface area contributed by atoms with Crippen LogP contribution in [0.2, 0.25) is 0 Å². The fourth-order valence-electron chi connectivity index (χ4n) is 5.02. The Balaban J connectivity index is 1.49. The highest BCUT2D eigenvalue weighted by molar-refractivity contribution is 5.92. The fourth-order valence-corrected chi connectivity index (χ4v) is 5.02. The predicted molar refractivity (Wildman–Crippen MR) is 128 cm³/mol. The monoisotopic (exact) mass is 466 g/mol. The van der Waals surface area contributed by atoms with Gasteiger partial charge in [-0.05, 0) is 62.9 Å². The van der Waals surface area contributed by atoms with Gasteiger partial charge in [-0.3, -0.25) is 14.4 Å². The van der Waals surface area contributed by atoms with E-state index >= 15 is 0 Å². The zero-order valence-electron chi connectivity index (χ0n) is 20.0. The van der Waals surface area contributed by atoms with Crippen molar-refractivity contribution in [2.75, 3.05) is 20.1 Å². The molecular weight excluding hydrogens is 434 g/mol. The Morgan fingerprint density at radius 1 is 1.12 bits per heavy atom. The summed E-state index contributed by atoms with van der Waals surface area (Å²) in [6.07, 6.45) is 2.54. The summed E-state index contributed by atoms with van der Waals surface area (Å²) < 4.78 is 29.4.